The molecular weight excluding hydrogens is 299 g/mol. The third-order valence-electron chi connectivity index (χ3n) is 2.02. The SMILES string of the molecule is Fc1cccc(C(Cl)c2sccc2Br)c1. The number of alkyl halides is 1. The molecular formula is C11H7BrClFS. The second-order valence-corrected chi connectivity index (χ2v) is 5.29. The lowest BCUT2D eigenvalue weighted by Crippen LogP contribution is -1.91. The van der Waals surface area contributed by atoms with E-state index < -0.39 is 0 Å². The molecule has 1 heterocycles. The van der Waals surface area contributed by atoms with Gasteiger partial charge in [0.1, 0.15) is 5.82 Å². The van der Waals surface area contributed by atoms with Crippen LogP contribution in [-0.4, -0.2) is 0 Å². The van der Waals surface area contributed by atoms with Gasteiger partial charge in [0.25, 0.3) is 0 Å². The van der Waals surface area contributed by atoms with Crippen LogP contribution in [-0.2, 0) is 0 Å². The molecule has 0 aliphatic carbocycles. The first-order chi connectivity index (χ1) is 7.18. The van der Waals surface area contributed by atoms with Crippen LogP contribution in [0.1, 0.15) is 15.8 Å². The summed E-state index contributed by atoms with van der Waals surface area (Å²) >= 11 is 11.2. The number of rotatable bonds is 2. The average molecular weight is 306 g/mol. The lowest BCUT2D eigenvalue weighted by Gasteiger charge is -2.08. The fraction of sp³-hybridized carbons (Fsp3) is 0.0909. The summed E-state index contributed by atoms with van der Waals surface area (Å²) in [7, 11) is 0. The molecule has 1 aromatic carbocycles. The van der Waals surface area contributed by atoms with Crippen molar-refractivity contribution < 1.29 is 4.39 Å². The molecule has 0 nitrogen and oxygen atoms in total. The van der Waals surface area contributed by atoms with Crippen LogP contribution in [0.4, 0.5) is 4.39 Å². The molecule has 0 fully saturated rings. The van der Waals surface area contributed by atoms with E-state index in [9.17, 15) is 4.39 Å². The predicted octanol–water partition coefficient (Wildman–Crippen LogP) is 4.98. The molecule has 0 saturated heterocycles. The molecule has 78 valence electrons. The number of hydrogen-bond donors (Lipinski definition) is 0. The zero-order valence-corrected chi connectivity index (χ0v) is 10.7. The van der Waals surface area contributed by atoms with Crippen LogP contribution in [0.25, 0.3) is 0 Å². The molecule has 2 rings (SSSR count). The van der Waals surface area contributed by atoms with Gasteiger partial charge in [-0.2, -0.15) is 0 Å². The largest absolute Gasteiger partial charge is 0.207 e. The first-order valence-corrected chi connectivity index (χ1v) is 6.42. The van der Waals surface area contributed by atoms with Gasteiger partial charge in [0, 0.05) is 9.35 Å². The zero-order valence-electron chi connectivity index (χ0n) is 7.58. The van der Waals surface area contributed by atoms with Crippen molar-refractivity contribution in [3.8, 4) is 0 Å². The second kappa shape index (κ2) is 4.64. The number of hydrogen-bond acceptors (Lipinski definition) is 1. The molecule has 15 heavy (non-hydrogen) atoms. The Morgan fingerprint density at radius 2 is 2.13 bits per heavy atom. The Morgan fingerprint density at radius 3 is 2.73 bits per heavy atom. The topological polar surface area (TPSA) is 0 Å². The summed E-state index contributed by atoms with van der Waals surface area (Å²) < 4.78 is 14.0. The predicted molar refractivity (Wildman–Crippen MR) is 66.1 cm³/mol. The Balaban J connectivity index is 2.36. The maximum absolute atomic E-state index is 13.0. The van der Waals surface area contributed by atoms with E-state index in [2.05, 4.69) is 15.9 Å². The van der Waals surface area contributed by atoms with Gasteiger partial charge in [-0.3, -0.25) is 0 Å². The minimum absolute atomic E-state index is 0.258. The number of thiophene rings is 1. The van der Waals surface area contributed by atoms with Crippen molar-refractivity contribution in [2.24, 2.45) is 0 Å². The van der Waals surface area contributed by atoms with Gasteiger partial charge in [-0.25, -0.2) is 4.39 Å². The Labute approximate surface area is 105 Å². The molecule has 0 spiro atoms. The van der Waals surface area contributed by atoms with Crippen molar-refractivity contribution in [3.63, 3.8) is 0 Å². The monoisotopic (exact) mass is 304 g/mol. The van der Waals surface area contributed by atoms with Crippen molar-refractivity contribution in [1.82, 2.24) is 0 Å². The van der Waals surface area contributed by atoms with Crippen LogP contribution in [0.2, 0.25) is 0 Å². The molecule has 0 N–H and O–H groups in total. The maximum atomic E-state index is 13.0. The lowest BCUT2D eigenvalue weighted by molar-refractivity contribution is 0.626. The van der Waals surface area contributed by atoms with Crippen LogP contribution < -0.4 is 0 Å². The molecule has 1 atom stereocenters. The highest BCUT2D eigenvalue weighted by molar-refractivity contribution is 9.10. The molecule has 2 aromatic rings. The van der Waals surface area contributed by atoms with Gasteiger partial charge in [0.15, 0.2) is 0 Å². The third-order valence-corrected chi connectivity index (χ3v) is 4.55. The Hall–Kier alpha value is -0.380. The van der Waals surface area contributed by atoms with Crippen molar-refractivity contribution in [1.29, 1.82) is 0 Å². The van der Waals surface area contributed by atoms with Crippen LogP contribution >= 0.6 is 38.9 Å². The Bertz CT molecular complexity index is 469. The highest BCUT2D eigenvalue weighted by atomic mass is 79.9. The Morgan fingerprint density at radius 1 is 1.33 bits per heavy atom. The molecule has 0 amide bonds. The van der Waals surface area contributed by atoms with Crippen LogP contribution in [0, 0.1) is 5.82 Å². The van der Waals surface area contributed by atoms with Crippen molar-refractivity contribution >= 4 is 38.9 Å². The molecule has 4 heteroatoms. The van der Waals surface area contributed by atoms with E-state index >= 15 is 0 Å². The number of halogens is 3. The summed E-state index contributed by atoms with van der Waals surface area (Å²) in [5, 5.41) is 1.66. The van der Waals surface area contributed by atoms with Gasteiger partial charge in [0.2, 0.25) is 0 Å². The summed E-state index contributed by atoms with van der Waals surface area (Å²) in [6.07, 6.45) is 0. The average Bonchev–Trinajstić information content (AvgIpc) is 2.63. The van der Waals surface area contributed by atoms with Crippen molar-refractivity contribution in [3.05, 3.63) is 56.4 Å². The summed E-state index contributed by atoms with van der Waals surface area (Å²) in [5.74, 6) is -0.258. The molecule has 0 aliphatic heterocycles. The van der Waals surface area contributed by atoms with E-state index in [0.29, 0.717) is 0 Å². The summed E-state index contributed by atoms with van der Waals surface area (Å²) in [4.78, 5) is 1.00. The van der Waals surface area contributed by atoms with Gasteiger partial charge >= 0.3 is 0 Å². The summed E-state index contributed by atoms with van der Waals surface area (Å²) in [6, 6.07) is 8.31. The molecule has 1 aromatic heterocycles. The van der Waals surface area contributed by atoms with E-state index in [1.54, 1.807) is 17.4 Å². The minimum atomic E-state index is -0.296. The second-order valence-electron chi connectivity index (χ2n) is 3.05. The maximum Gasteiger partial charge on any atom is 0.123 e. The van der Waals surface area contributed by atoms with Gasteiger partial charge in [0.05, 0.1) is 5.38 Å². The first kappa shape index (κ1) is 11.1. The summed E-state index contributed by atoms with van der Waals surface area (Å²) in [5.41, 5.74) is 0.778. The van der Waals surface area contributed by atoms with Crippen molar-refractivity contribution in [2.75, 3.05) is 0 Å². The molecule has 0 aliphatic rings. The van der Waals surface area contributed by atoms with Gasteiger partial charge in [-0.05, 0) is 45.1 Å². The van der Waals surface area contributed by atoms with Crippen LogP contribution in [0.15, 0.2) is 40.2 Å². The third kappa shape index (κ3) is 2.41. The fourth-order valence-corrected chi connectivity index (χ4v) is 3.44. The molecule has 0 saturated carbocycles. The quantitative estimate of drug-likeness (QED) is 0.687. The number of benzene rings is 1. The van der Waals surface area contributed by atoms with E-state index in [0.717, 1.165) is 14.9 Å². The fourth-order valence-electron chi connectivity index (χ4n) is 1.30. The van der Waals surface area contributed by atoms with E-state index in [4.69, 9.17) is 11.6 Å². The zero-order chi connectivity index (χ0) is 10.8. The van der Waals surface area contributed by atoms with Gasteiger partial charge in [-0.1, -0.05) is 12.1 Å². The minimum Gasteiger partial charge on any atom is -0.207 e. The lowest BCUT2D eigenvalue weighted by atomic mass is 10.1. The van der Waals surface area contributed by atoms with E-state index in [-0.39, 0.29) is 11.2 Å². The van der Waals surface area contributed by atoms with Crippen molar-refractivity contribution in [2.45, 2.75) is 5.38 Å². The summed E-state index contributed by atoms with van der Waals surface area (Å²) in [6.45, 7) is 0. The van der Waals surface area contributed by atoms with E-state index in [1.807, 2.05) is 17.5 Å². The highest BCUT2D eigenvalue weighted by Crippen LogP contribution is 2.37. The first-order valence-electron chi connectivity index (χ1n) is 4.31. The van der Waals surface area contributed by atoms with Crippen LogP contribution in [0.3, 0.4) is 0 Å². The van der Waals surface area contributed by atoms with Gasteiger partial charge in [-0.15, -0.1) is 22.9 Å². The standard InChI is InChI=1S/C11H7BrClFS/c12-9-4-5-15-11(9)10(13)7-2-1-3-8(14)6-7/h1-6,10H. The van der Waals surface area contributed by atoms with Gasteiger partial charge < -0.3 is 0 Å². The normalized spacial score (nSPS) is 12.7. The molecule has 0 bridgehead atoms. The Kier molecular flexibility index (Phi) is 3.44. The van der Waals surface area contributed by atoms with E-state index in [1.165, 1.54) is 12.1 Å². The molecule has 0 radical (unpaired) electrons. The molecule has 1 unspecified atom stereocenters. The smallest absolute Gasteiger partial charge is 0.123 e. The van der Waals surface area contributed by atoms with Crippen LogP contribution in [0.5, 0.6) is 0 Å². The highest BCUT2D eigenvalue weighted by Gasteiger charge is 2.15.